The van der Waals surface area contributed by atoms with Crippen LogP contribution in [0.25, 0.3) is 0 Å². The molecule has 0 bridgehead atoms. The summed E-state index contributed by atoms with van der Waals surface area (Å²) in [6.45, 7) is 1.89. The lowest BCUT2D eigenvalue weighted by Gasteiger charge is -2.24. The first kappa shape index (κ1) is 17.3. The van der Waals surface area contributed by atoms with E-state index < -0.39 is 27.7 Å². The van der Waals surface area contributed by atoms with Crippen LogP contribution in [0, 0.1) is 11.7 Å². The Bertz CT molecular complexity index is 742. The molecule has 1 aromatic rings. The SMILES string of the molecule is O=C(NS(=O)(=O)F)c1cc(C2CC2)c(CC2CCNCC2)cc1F. The fraction of sp³-hybridized carbons (Fsp3) is 0.562. The molecule has 5 nitrogen and oxygen atoms in total. The maximum atomic E-state index is 14.3. The van der Waals surface area contributed by atoms with E-state index >= 15 is 0 Å². The summed E-state index contributed by atoms with van der Waals surface area (Å²) < 4.78 is 49.2. The van der Waals surface area contributed by atoms with Crippen molar-refractivity contribution in [3.05, 3.63) is 34.6 Å². The highest BCUT2D eigenvalue weighted by Crippen LogP contribution is 2.43. The van der Waals surface area contributed by atoms with Crippen molar-refractivity contribution in [2.45, 2.75) is 38.0 Å². The van der Waals surface area contributed by atoms with Crippen molar-refractivity contribution in [3.8, 4) is 0 Å². The van der Waals surface area contributed by atoms with Gasteiger partial charge in [0, 0.05) is 0 Å². The third-order valence-electron chi connectivity index (χ3n) is 4.67. The van der Waals surface area contributed by atoms with Gasteiger partial charge in [0.1, 0.15) is 5.82 Å². The van der Waals surface area contributed by atoms with Crippen molar-refractivity contribution in [1.29, 1.82) is 0 Å². The number of carbonyl (C=O) groups excluding carboxylic acids is 1. The summed E-state index contributed by atoms with van der Waals surface area (Å²) in [5.74, 6) is -1.35. The van der Waals surface area contributed by atoms with E-state index in [9.17, 15) is 21.5 Å². The van der Waals surface area contributed by atoms with Crippen LogP contribution in [-0.4, -0.2) is 27.4 Å². The van der Waals surface area contributed by atoms with E-state index in [4.69, 9.17) is 0 Å². The van der Waals surface area contributed by atoms with Crippen LogP contribution >= 0.6 is 0 Å². The van der Waals surface area contributed by atoms with E-state index in [-0.39, 0.29) is 5.92 Å². The van der Waals surface area contributed by atoms with Crippen LogP contribution in [0.4, 0.5) is 8.28 Å². The Morgan fingerprint density at radius 1 is 1.21 bits per heavy atom. The zero-order valence-corrected chi connectivity index (χ0v) is 14.0. The molecule has 0 aromatic heterocycles. The highest BCUT2D eigenvalue weighted by Gasteiger charge is 2.30. The summed E-state index contributed by atoms with van der Waals surface area (Å²) in [4.78, 5) is 11.8. The molecule has 2 fully saturated rings. The smallest absolute Gasteiger partial charge is 0.317 e. The molecule has 0 radical (unpaired) electrons. The summed E-state index contributed by atoms with van der Waals surface area (Å²) in [6.07, 6.45) is 4.72. The van der Waals surface area contributed by atoms with E-state index in [0.29, 0.717) is 5.92 Å². The number of carbonyl (C=O) groups is 1. The Morgan fingerprint density at radius 3 is 2.46 bits per heavy atom. The van der Waals surface area contributed by atoms with Crippen molar-refractivity contribution in [2.24, 2.45) is 5.92 Å². The van der Waals surface area contributed by atoms with Gasteiger partial charge in [-0.1, -0.05) is 3.89 Å². The van der Waals surface area contributed by atoms with Crippen LogP contribution < -0.4 is 10.0 Å². The molecule has 1 amide bonds. The summed E-state index contributed by atoms with van der Waals surface area (Å²) in [5, 5.41) is 3.29. The first-order valence-electron chi connectivity index (χ1n) is 8.13. The van der Waals surface area contributed by atoms with E-state index in [1.807, 2.05) is 0 Å². The second kappa shape index (κ2) is 6.76. The number of piperidine rings is 1. The van der Waals surface area contributed by atoms with Gasteiger partial charge in [-0.25, -0.2) is 9.11 Å². The summed E-state index contributed by atoms with van der Waals surface area (Å²) in [7, 11) is -5.21. The third-order valence-corrected chi connectivity index (χ3v) is 5.10. The van der Waals surface area contributed by atoms with Crippen LogP contribution in [0.15, 0.2) is 12.1 Å². The first-order chi connectivity index (χ1) is 11.3. The number of amides is 1. The van der Waals surface area contributed by atoms with Gasteiger partial charge in [0.05, 0.1) is 5.56 Å². The molecule has 1 saturated carbocycles. The van der Waals surface area contributed by atoms with Crippen LogP contribution in [0.1, 0.15) is 53.1 Å². The first-order valence-corrected chi connectivity index (χ1v) is 9.51. The van der Waals surface area contributed by atoms with Gasteiger partial charge < -0.3 is 5.32 Å². The van der Waals surface area contributed by atoms with Crippen molar-refractivity contribution < 1.29 is 21.5 Å². The van der Waals surface area contributed by atoms with Gasteiger partial charge in [-0.3, -0.25) is 4.79 Å². The molecule has 0 unspecified atom stereocenters. The lowest BCUT2D eigenvalue weighted by molar-refractivity contribution is 0.0976. The number of hydrogen-bond acceptors (Lipinski definition) is 4. The second-order valence-corrected chi connectivity index (χ2v) is 7.65. The molecule has 8 heteroatoms. The van der Waals surface area contributed by atoms with Crippen LogP contribution in [0.3, 0.4) is 0 Å². The zero-order valence-electron chi connectivity index (χ0n) is 13.1. The van der Waals surface area contributed by atoms with Crippen molar-refractivity contribution in [1.82, 2.24) is 10.0 Å². The minimum atomic E-state index is -5.21. The molecule has 2 aliphatic rings. The van der Waals surface area contributed by atoms with Gasteiger partial charge in [-0.15, -0.1) is 0 Å². The van der Waals surface area contributed by atoms with E-state index in [1.165, 1.54) is 16.9 Å². The Hall–Kier alpha value is -1.54. The van der Waals surface area contributed by atoms with E-state index in [0.717, 1.165) is 56.3 Å². The molecular weight excluding hydrogens is 338 g/mol. The quantitative estimate of drug-likeness (QED) is 0.791. The fourth-order valence-electron chi connectivity index (χ4n) is 3.32. The predicted octanol–water partition coefficient (Wildman–Crippen LogP) is 2.19. The highest BCUT2D eigenvalue weighted by atomic mass is 32.3. The lowest BCUT2D eigenvalue weighted by Crippen LogP contribution is -2.29. The molecule has 1 saturated heterocycles. The standard InChI is InChI=1S/C16H20F2N2O3S/c17-15-8-12(7-10-3-5-19-6-4-10)13(11-1-2-11)9-14(15)16(21)20-24(18,22)23/h8-11,19H,1-7H2,(H,20,21). The monoisotopic (exact) mass is 358 g/mol. The maximum Gasteiger partial charge on any atom is 0.399 e. The van der Waals surface area contributed by atoms with Crippen molar-refractivity contribution in [3.63, 3.8) is 0 Å². The molecule has 24 heavy (non-hydrogen) atoms. The second-order valence-electron chi connectivity index (χ2n) is 6.57. The topological polar surface area (TPSA) is 75.3 Å². The van der Waals surface area contributed by atoms with Gasteiger partial charge >= 0.3 is 10.4 Å². The number of benzene rings is 1. The molecule has 0 atom stereocenters. The fourth-order valence-corrected chi connectivity index (χ4v) is 3.65. The van der Waals surface area contributed by atoms with E-state index in [2.05, 4.69) is 5.32 Å². The average molecular weight is 358 g/mol. The zero-order chi connectivity index (χ0) is 17.3. The molecule has 1 aromatic carbocycles. The Labute approximate surface area is 140 Å². The molecule has 0 spiro atoms. The lowest BCUT2D eigenvalue weighted by atomic mass is 9.87. The maximum absolute atomic E-state index is 14.3. The molecular formula is C16H20F2N2O3S. The molecule has 2 N–H and O–H groups in total. The molecule has 1 heterocycles. The van der Waals surface area contributed by atoms with E-state index in [1.54, 1.807) is 0 Å². The summed E-state index contributed by atoms with van der Waals surface area (Å²) >= 11 is 0. The minimum Gasteiger partial charge on any atom is -0.317 e. The van der Waals surface area contributed by atoms with Crippen molar-refractivity contribution >= 4 is 16.3 Å². The third kappa shape index (κ3) is 4.30. The van der Waals surface area contributed by atoms with Gasteiger partial charge in [-0.2, -0.15) is 8.42 Å². The summed E-state index contributed by atoms with van der Waals surface area (Å²) in [6, 6.07) is 2.71. The van der Waals surface area contributed by atoms with Gasteiger partial charge in [0.15, 0.2) is 0 Å². The number of nitrogens with one attached hydrogen (secondary N) is 2. The largest absolute Gasteiger partial charge is 0.399 e. The van der Waals surface area contributed by atoms with Crippen LogP contribution in [0.2, 0.25) is 0 Å². The summed E-state index contributed by atoms with van der Waals surface area (Å²) in [5.41, 5.74) is 1.34. The van der Waals surface area contributed by atoms with Crippen LogP contribution in [-0.2, 0) is 16.8 Å². The highest BCUT2D eigenvalue weighted by molar-refractivity contribution is 7.85. The number of rotatable bonds is 5. The van der Waals surface area contributed by atoms with Crippen molar-refractivity contribution in [2.75, 3.05) is 13.1 Å². The Kier molecular flexibility index (Phi) is 4.87. The Morgan fingerprint density at radius 2 is 1.88 bits per heavy atom. The van der Waals surface area contributed by atoms with Gasteiger partial charge in [0.2, 0.25) is 0 Å². The number of hydrogen-bond donors (Lipinski definition) is 2. The molecule has 1 aliphatic carbocycles. The predicted molar refractivity (Wildman–Crippen MR) is 85.2 cm³/mol. The van der Waals surface area contributed by atoms with Gasteiger partial charge in [-0.05, 0) is 80.3 Å². The Balaban J connectivity index is 1.87. The average Bonchev–Trinajstić information content (AvgIpc) is 3.31. The van der Waals surface area contributed by atoms with Crippen LogP contribution in [0.5, 0.6) is 0 Å². The number of halogens is 2. The normalized spacial score (nSPS) is 19.2. The minimum absolute atomic E-state index is 0.274. The molecule has 3 rings (SSSR count). The molecule has 1 aliphatic heterocycles. The van der Waals surface area contributed by atoms with Gasteiger partial charge in [0.25, 0.3) is 5.91 Å². The molecule has 132 valence electrons.